The number of ether oxygens (including phenoxy) is 2. The highest BCUT2D eigenvalue weighted by Crippen LogP contribution is 2.32. The lowest BCUT2D eigenvalue weighted by Crippen LogP contribution is -2.41. The fraction of sp³-hybridized carbons (Fsp3) is 0.500. The molecular weight excluding hydrogens is 332 g/mol. The molecule has 0 saturated carbocycles. The molecule has 0 bridgehead atoms. The maximum absolute atomic E-state index is 13.1. The van der Waals surface area contributed by atoms with Gasteiger partial charge in [-0.3, -0.25) is 14.5 Å². The van der Waals surface area contributed by atoms with Crippen LogP contribution in [0.4, 0.5) is 0 Å². The lowest BCUT2D eigenvalue weighted by atomic mass is 10.0. The third-order valence-electron chi connectivity index (χ3n) is 4.58. The molecule has 140 valence electrons. The second kappa shape index (κ2) is 8.01. The van der Waals surface area contributed by atoms with Crippen molar-refractivity contribution in [1.82, 2.24) is 9.80 Å². The van der Waals surface area contributed by atoms with Gasteiger partial charge in [0.2, 0.25) is 0 Å². The molecule has 1 aromatic carbocycles. The van der Waals surface area contributed by atoms with Gasteiger partial charge in [-0.2, -0.15) is 0 Å². The molecular formula is C20H26N2O4. The van der Waals surface area contributed by atoms with E-state index >= 15 is 0 Å². The summed E-state index contributed by atoms with van der Waals surface area (Å²) in [6, 6.07) is 7.73. The minimum atomic E-state index is -0.243. The van der Waals surface area contributed by atoms with Gasteiger partial charge >= 0.3 is 0 Å². The van der Waals surface area contributed by atoms with Gasteiger partial charge in [0.05, 0.1) is 38.0 Å². The van der Waals surface area contributed by atoms with E-state index in [0.29, 0.717) is 44.2 Å². The third kappa shape index (κ3) is 3.81. The number of rotatable bonds is 6. The molecule has 2 aliphatic rings. The monoisotopic (exact) mass is 358 g/mol. The van der Waals surface area contributed by atoms with Gasteiger partial charge in [-0.25, -0.2) is 0 Å². The smallest absolute Gasteiger partial charge is 0.277 e. The molecule has 2 amide bonds. The van der Waals surface area contributed by atoms with Gasteiger partial charge in [-0.1, -0.05) is 29.8 Å². The number of hydrogen-bond donors (Lipinski definition) is 0. The summed E-state index contributed by atoms with van der Waals surface area (Å²) in [4.78, 5) is 29.4. The van der Waals surface area contributed by atoms with Gasteiger partial charge in [0.1, 0.15) is 5.70 Å². The Kier molecular flexibility index (Phi) is 5.74. The van der Waals surface area contributed by atoms with Gasteiger partial charge in [-0.05, 0) is 26.3 Å². The van der Waals surface area contributed by atoms with E-state index in [9.17, 15) is 9.59 Å². The second-order valence-electron chi connectivity index (χ2n) is 6.87. The minimum Gasteiger partial charge on any atom is -0.378 e. The number of benzene rings is 1. The van der Waals surface area contributed by atoms with E-state index < -0.39 is 0 Å². The summed E-state index contributed by atoms with van der Waals surface area (Å²) in [5.74, 6) is -0.479. The van der Waals surface area contributed by atoms with Gasteiger partial charge < -0.3 is 14.4 Å². The Labute approximate surface area is 154 Å². The van der Waals surface area contributed by atoms with Crippen molar-refractivity contribution in [3.63, 3.8) is 0 Å². The van der Waals surface area contributed by atoms with Crippen LogP contribution in [-0.2, 0) is 19.1 Å². The number of hydrogen-bond acceptors (Lipinski definition) is 5. The van der Waals surface area contributed by atoms with Gasteiger partial charge in [-0.15, -0.1) is 0 Å². The molecule has 2 aliphatic heterocycles. The van der Waals surface area contributed by atoms with Crippen LogP contribution in [0.25, 0.3) is 5.57 Å². The molecule has 26 heavy (non-hydrogen) atoms. The van der Waals surface area contributed by atoms with Crippen molar-refractivity contribution in [1.29, 1.82) is 0 Å². The number of amides is 2. The number of carbonyl (C=O) groups excluding carboxylic acids is 2. The molecule has 0 unspecified atom stereocenters. The van der Waals surface area contributed by atoms with Gasteiger partial charge in [0.25, 0.3) is 11.8 Å². The molecule has 0 spiro atoms. The largest absolute Gasteiger partial charge is 0.378 e. The lowest BCUT2D eigenvalue weighted by molar-refractivity contribution is -0.138. The molecule has 1 aromatic rings. The number of aryl methyl sites for hydroxylation is 1. The molecule has 6 heteroatoms. The summed E-state index contributed by atoms with van der Waals surface area (Å²) in [5, 5.41) is 0. The third-order valence-corrected chi connectivity index (χ3v) is 4.58. The van der Waals surface area contributed by atoms with Crippen molar-refractivity contribution in [2.45, 2.75) is 26.9 Å². The van der Waals surface area contributed by atoms with Crippen molar-refractivity contribution in [2.24, 2.45) is 0 Å². The van der Waals surface area contributed by atoms with Crippen molar-refractivity contribution in [3.05, 3.63) is 41.1 Å². The van der Waals surface area contributed by atoms with E-state index in [1.165, 1.54) is 4.90 Å². The van der Waals surface area contributed by atoms with Crippen LogP contribution >= 0.6 is 0 Å². The predicted molar refractivity (Wildman–Crippen MR) is 98.3 cm³/mol. The SMILES string of the molecule is Cc1ccc(C2=C(N3CCOCC3)C(=O)N(CCOC(C)C)C2=O)cc1. The van der Waals surface area contributed by atoms with Crippen LogP contribution in [-0.4, -0.2) is 67.2 Å². The first-order valence-electron chi connectivity index (χ1n) is 9.11. The molecule has 2 heterocycles. The molecule has 3 rings (SSSR count). The molecule has 6 nitrogen and oxygen atoms in total. The van der Waals surface area contributed by atoms with Crippen molar-refractivity contribution in [2.75, 3.05) is 39.5 Å². The summed E-state index contributed by atoms with van der Waals surface area (Å²) < 4.78 is 10.9. The van der Waals surface area contributed by atoms with Crippen LogP contribution in [0.5, 0.6) is 0 Å². The maximum Gasteiger partial charge on any atom is 0.277 e. The Morgan fingerprint density at radius 2 is 1.73 bits per heavy atom. The van der Waals surface area contributed by atoms with Gasteiger partial charge in [0, 0.05) is 13.1 Å². The standard InChI is InChI=1S/C20H26N2O4/c1-14(2)26-13-10-22-19(23)17(16-6-4-15(3)5-7-16)18(20(22)24)21-8-11-25-12-9-21/h4-7,14H,8-13H2,1-3H3. The van der Waals surface area contributed by atoms with Crippen LogP contribution in [0.3, 0.4) is 0 Å². The minimum absolute atomic E-state index is 0.0612. The van der Waals surface area contributed by atoms with E-state index in [0.717, 1.165) is 11.1 Å². The van der Waals surface area contributed by atoms with Crippen LogP contribution in [0.2, 0.25) is 0 Å². The molecule has 0 aromatic heterocycles. The molecule has 0 radical (unpaired) electrons. The first kappa shape index (κ1) is 18.6. The highest BCUT2D eigenvalue weighted by Gasteiger charge is 2.41. The summed E-state index contributed by atoms with van der Waals surface area (Å²) in [5.41, 5.74) is 2.87. The first-order valence-corrected chi connectivity index (χ1v) is 9.11. The summed E-state index contributed by atoms with van der Waals surface area (Å²) in [6.07, 6.45) is 0.0612. The number of carbonyl (C=O) groups is 2. The average Bonchev–Trinajstić information content (AvgIpc) is 2.87. The van der Waals surface area contributed by atoms with E-state index in [4.69, 9.17) is 9.47 Å². The maximum atomic E-state index is 13.1. The highest BCUT2D eigenvalue weighted by atomic mass is 16.5. The Hall–Kier alpha value is -2.18. The zero-order chi connectivity index (χ0) is 18.7. The molecule has 1 saturated heterocycles. The molecule has 0 aliphatic carbocycles. The summed E-state index contributed by atoms with van der Waals surface area (Å²) in [7, 11) is 0. The zero-order valence-corrected chi connectivity index (χ0v) is 15.7. The topological polar surface area (TPSA) is 59.1 Å². The van der Waals surface area contributed by atoms with Crippen molar-refractivity contribution < 1.29 is 19.1 Å². The van der Waals surface area contributed by atoms with E-state index in [-0.39, 0.29) is 24.5 Å². The van der Waals surface area contributed by atoms with Crippen LogP contribution in [0.1, 0.15) is 25.0 Å². The normalized spacial score (nSPS) is 18.5. The Morgan fingerprint density at radius 3 is 2.35 bits per heavy atom. The lowest BCUT2D eigenvalue weighted by Gasteiger charge is -2.29. The van der Waals surface area contributed by atoms with Crippen LogP contribution in [0, 0.1) is 6.92 Å². The fourth-order valence-corrected chi connectivity index (χ4v) is 3.21. The quantitative estimate of drug-likeness (QED) is 0.726. The van der Waals surface area contributed by atoms with Crippen molar-refractivity contribution in [3.8, 4) is 0 Å². The fourth-order valence-electron chi connectivity index (χ4n) is 3.21. The Morgan fingerprint density at radius 1 is 1.08 bits per heavy atom. The number of imide groups is 1. The van der Waals surface area contributed by atoms with E-state index in [2.05, 4.69) is 0 Å². The summed E-state index contributed by atoms with van der Waals surface area (Å²) in [6.45, 7) is 8.81. The first-order chi connectivity index (χ1) is 12.5. The van der Waals surface area contributed by atoms with E-state index in [1.54, 1.807) is 0 Å². The highest BCUT2D eigenvalue weighted by molar-refractivity contribution is 6.35. The summed E-state index contributed by atoms with van der Waals surface area (Å²) >= 11 is 0. The van der Waals surface area contributed by atoms with Crippen molar-refractivity contribution >= 4 is 17.4 Å². The Balaban J connectivity index is 1.92. The number of nitrogens with zero attached hydrogens (tertiary/aromatic N) is 2. The van der Waals surface area contributed by atoms with Crippen LogP contribution < -0.4 is 0 Å². The molecule has 0 N–H and O–H groups in total. The van der Waals surface area contributed by atoms with E-state index in [1.807, 2.05) is 49.9 Å². The average molecular weight is 358 g/mol. The second-order valence-corrected chi connectivity index (χ2v) is 6.87. The predicted octanol–water partition coefficient (Wildman–Crippen LogP) is 1.83. The van der Waals surface area contributed by atoms with Crippen LogP contribution in [0.15, 0.2) is 30.0 Å². The van der Waals surface area contributed by atoms with Gasteiger partial charge in [0.15, 0.2) is 0 Å². The molecule has 1 fully saturated rings. The Bertz CT molecular complexity index is 703. The number of morpholine rings is 1. The zero-order valence-electron chi connectivity index (χ0n) is 15.7. The molecule has 0 atom stereocenters.